The van der Waals surface area contributed by atoms with Crippen LogP contribution in [0.4, 0.5) is 5.69 Å². The number of carbonyl (C=O) groups excluding carboxylic acids is 1. The van der Waals surface area contributed by atoms with Gasteiger partial charge in [-0.05, 0) is 29.8 Å². The summed E-state index contributed by atoms with van der Waals surface area (Å²) in [7, 11) is 1.75. The van der Waals surface area contributed by atoms with Crippen molar-refractivity contribution in [1.29, 1.82) is 0 Å². The highest BCUT2D eigenvalue weighted by Gasteiger charge is 2.13. The molecule has 1 amide bonds. The summed E-state index contributed by atoms with van der Waals surface area (Å²) in [6, 6.07) is 13.3. The maximum Gasteiger partial charge on any atom is 0.335 e. The molecular weight excluding hydrogens is 334 g/mol. The van der Waals surface area contributed by atoms with E-state index in [0.717, 1.165) is 11.1 Å². The minimum atomic E-state index is -1.04. The predicted molar refractivity (Wildman–Crippen MR) is 98.7 cm³/mol. The Hall–Kier alpha value is -3.61. The van der Waals surface area contributed by atoms with Crippen molar-refractivity contribution in [2.75, 3.05) is 12.4 Å². The largest absolute Gasteiger partial charge is 0.478 e. The molecule has 26 heavy (non-hydrogen) atoms. The molecule has 0 saturated carbocycles. The Morgan fingerprint density at radius 3 is 2.62 bits per heavy atom. The van der Waals surface area contributed by atoms with Gasteiger partial charge in [-0.3, -0.25) is 9.59 Å². The molecule has 0 radical (unpaired) electrons. The van der Waals surface area contributed by atoms with E-state index in [9.17, 15) is 14.4 Å². The molecule has 4 N–H and O–H groups in total. The standard InChI is InChI=1S/C19H17N3O4/c1-20-15-7-3-5-12-9-14(18(24)22-16(12)15)17(23)21-10-11-4-2-6-13(8-11)19(25)26/h2-9,20H,10H2,1H3,(H,21,23)(H,22,24)(H,25,26). The van der Waals surface area contributed by atoms with Crippen LogP contribution in [0.2, 0.25) is 0 Å². The van der Waals surface area contributed by atoms with E-state index in [4.69, 9.17) is 5.11 Å². The SMILES string of the molecule is CNc1cccc2cc(C(=O)NCc3cccc(C(=O)O)c3)c(=O)[nH]c12. The zero-order valence-electron chi connectivity index (χ0n) is 14.0. The van der Waals surface area contributed by atoms with E-state index < -0.39 is 17.4 Å². The molecule has 7 nitrogen and oxygen atoms in total. The van der Waals surface area contributed by atoms with Crippen molar-refractivity contribution in [3.8, 4) is 0 Å². The fraction of sp³-hybridized carbons (Fsp3) is 0.105. The molecule has 1 aromatic heterocycles. The van der Waals surface area contributed by atoms with Crippen molar-refractivity contribution in [2.24, 2.45) is 0 Å². The number of amides is 1. The number of hydrogen-bond donors (Lipinski definition) is 4. The molecule has 0 saturated heterocycles. The Morgan fingerprint density at radius 1 is 1.12 bits per heavy atom. The molecule has 0 aliphatic rings. The van der Waals surface area contributed by atoms with Crippen LogP contribution in [0, 0.1) is 0 Å². The molecule has 0 aliphatic carbocycles. The second kappa shape index (κ2) is 7.10. The van der Waals surface area contributed by atoms with Crippen molar-refractivity contribution >= 4 is 28.5 Å². The van der Waals surface area contributed by atoms with Crippen LogP contribution in [0.5, 0.6) is 0 Å². The second-order valence-electron chi connectivity index (χ2n) is 5.72. The molecule has 2 aromatic carbocycles. The lowest BCUT2D eigenvalue weighted by Gasteiger charge is -2.09. The number of hydrogen-bond acceptors (Lipinski definition) is 4. The zero-order chi connectivity index (χ0) is 18.7. The summed E-state index contributed by atoms with van der Waals surface area (Å²) < 4.78 is 0. The fourth-order valence-corrected chi connectivity index (χ4v) is 2.70. The number of H-pyrrole nitrogens is 1. The van der Waals surface area contributed by atoms with E-state index in [1.165, 1.54) is 18.2 Å². The Balaban J connectivity index is 1.84. The van der Waals surface area contributed by atoms with E-state index in [1.807, 2.05) is 12.1 Å². The zero-order valence-corrected chi connectivity index (χ0v) is 14.0. The van der Waals surface area contributed by atoms with E-state index in [1.54, 1.807) is 25.2 Å². The van der Waals surface area contributed by atoms with Gasteiger partial charge in [-0.2, -0.15) is 0 Å². The quantitative estimate of drug-likeness (QED) is 0.563. The average Bonchev–Trinajstić information content (AvgIpc) is 2.65. The van der Waals surface area contributed by atoms with Crippen molar-refractivity contribution in [2.45, 2.75) is 6.54 Å². The molecule has 0 aliphatic heterocycles. The van der Waals surface area contributed by atoms with Gasteiger partial charge in [0.15, 0.2) is 0 Å². The first-order valence-electron chi connectivity index (χ1n) is 7.94. The van der Waals surface area contributed by atoms with Crippen LogP contribution in [-0.2, 0) is 6.54 Å². The number of benzene rings is 2. The van der Waals surface area contributed by atoms with Gasteiger partial charge in [0.05, 0.1) is 16.8 Å². The third-order valence-corrected chi connectivity index (χ3v) is 4.02. The predicted octanol–water partition coefficient (Wildman–Crippen LogP) is 2.20. The van der Waals surface area contributed by atoms with Crippen LogP contribution in [0.1, 0.15) is 26.3 Å². The monoisotopic (exact) mass is 351 g/mol. The van der Waals surface area contributed by atoms with Gasteiger partial charge >= 0.3 is 5.97 Å². The molecule has 7 heteroatoms. The number of aromatic nitrogens is 1. The topological polar surface area (TPSA) is 111 Å². The summed E-state index contributed by atoms with van der Waals surface area (Å²) >= 11 is 0. The van der Waals surface area contributed by atoms with Crippen LogP contribution in [-0.4, -0.2) is 29.0 Å². The van der Waals surface area contributed by atoms with Crippen LogP contribution >= 0.6 is 0 Å². The Labute approximate surface area is 148 Å². The highest BCUT2D eigenvalue weighted by molar-refractivity contribution is 5.99. The van der Waals surface area contributed by atoms with Crippen molar-refractivity contribution in [3.05, 3.63) is 75.6 Å². The number of aromatic amines is 1. The number of aromatic carboxylic acids is 1. The van der Waals surface area contributed by atoms with Crippen molar-refractivity contribution in [1.82, 2.24) is 10.3 Å². The van der Waals surface area contributed by atoms with Gasteiger partial charge in [-0.25, -0.2) is 4.79 Å². The van der Waals surface area contributed by atoms with Gasteiger partial charge in [0.25, 0.3) is 11.5 Å². The van der Waals surface area contributed by atoms with Gasteiger partial charge < -0.3 is 20.7 Å². The Morgan fingerprint density at radius 2 is 1.88 bits per heavy atom. The fourth-order valence-electron chi connectivity index (χ4n) is 2.70. The number of carboxylic acid groups (broad SMARTS) is 1. The van der Waals surface area contributed by atoms with E-state index in [0.29, 0.717) is 11.1 Å². The van der Waals surface area contributed by atoms with E-state index >= 15 is 0 Å². The van der Waals surface area contributed by atoms with Crippen LogP contribution in [0.25, 0.3) is 10.9 Å². The molecule has 0 fully saturated rings. The third kappa shape index (κ3) is 3.41. The lowest BCUT2D eigenvalue weighted by atomic mass is 10.1. The third-order valence-electron chi connectivity index (χ3n) is 4.02. The van der Waals surface area contributed by atoms with Crippen LogP contribution < -0.4 is 16.2 Å². The first-order chi connectivity index (χ1) is 12.5. The average molecular weight is 351 g/mol. The van der Waals surface area contributed by atoms with Gasteiger partial charge in [-0.15, -0.1) is 0 Å². The Bertz CT molecular complexity index is 1060. The van der Waals surface area contributed by atoms with Crippen LogP contribution in [0.3, 0.4) is 0 Å². The van der Waals surface area contributed by atoms with Gasteiger partial charge in [0, 0.05) is 19.0 Å². The first kappa shape index (κ1) is 17.2. The highest BCUT2D eigenvalue weighted by Crippen LogP contribution is 2.20. The van der Waals surface area contributed by atoms with Crippen molar-refractivity contribution in [3.63, 3.8) is 0 Å². The molecule has 3 aromatic rings. The molecule has 3 rings (SSSR count). The van der Waals surface area contributed by atoms with Gasteiger partial charge in [0.2, 0.25) is 0 Å². The lowest BCUT2D eigenvalue weighted by molar-refractivity contribution is 0.0696. The summed E-state index contributed by atoms with van der Waals surface area (Å²) in [5.74, 6) is -1.56. The summed E-state index contributed by atoms with van der Waals surface area (Å²) in [5.41, 5.74) is 1.67. The number of carboxylic acids is 1. The minimum Gasteiger partial charge on any atom is -0.478 e. The highest BCUT2D eigenvalue weighted by atomic mass is 16.4. The number of pyridine rings is 1. The summed E-state index contributed by atoms with van der Waals surface area (Å²) in [4.78, 5) is 38.4. The molecule has 132 valence electrons. The van der Waals surface area contributed by atoms with Gasteiger partial charge in [-0.1, -0.05) is 24.3 Å². The first-order valence-corrected chi connectivity index (χ1v) is 7.94. The minimum absolute atomic E-state index is 0.000132. The number of carbonyl (C=O) groups is 2. The molecule has 0 bridgehead atoms. The maximum absolute atomic E-state index is 12.4. The number of nitrogens with one attached hydrogen (secondary N) is 3. The Kier molecular flexibility index (Phi) is 4.70. The smallest absolute Gasteiger partial charge is 0.335 e. The van der Waals surface area contributed by atoms with E-state index in [2.05, 4.69) is 15.6 Å². The van der Waals surface area contributed by atoms with Gasteiger partial charge in [0.1, 0.15) is 5.56 Å². The summed E-state index contributed by atoms with van der Waals surface area (Å²) in [6.45, 7) is 0.119. The molecule has 0 atom stereocenters. The number of para-hydroxylation sites is 1. The molecule has 1 heterocycles. The normalized spacial score (nSPS) is 10.5. The summed E-state index contributed by atoms with van der Waals surface area (Å²) in [6.07, 6.45) is 0. The summed E-state index contributed by atoms with van der Waals surface area (Å²) in [5, 5.41) is 15.4. The lowest BCUT2D eigenvalue weighted by Crippen LogP contribution is -2.29. The molecule has 0 unspecified atom stereocenters. The number of fused-ring (bicyclic) bond motifs is 1. The maximum atomic E-state index is 12.4. The van der Waals surface area contributed by atoms with Crippen molar-refractivity contribution < 1.29 is 14.7 Å². The second-order valence-corrected chi connectivity index (χ2v) is 5.72. The molecular formula is C19H17N3O4. The molecule has 0 spiro atoms. The number of anilines is 1. The van der Waals surface area contributed by atoms with E-state index in [-0.39, 0.29) is 17.7 Å². The van der Waals surface area contributed by atoms with Crippen LogP contribution in [0.15, 0.2) is 53.3 Å². The number of rotatable bonds is 5.